The summed E-state index contributed by atoms with van der Waals surface area (Å²) < 4.78 is 13.8. The van der Waals surface area contributed by atoms with Crippen LogP contribution in [0.1, 0.15) is 45.4 Å². The molecule has 1 aromatic carbocycles. The van der Waals surface area contributed by atoms with Gasteiger partial charge in [-0.1, -0.05) is 25.8 Å². The molecular weight excluding hydrogens is 259 g/mol. The largest absolute Gasteiger partial charge is 0.374 e. The van der Waals surface area contributed by atoms with Crippen molar-refractivity contribution in [3.63, 3.8) is 0 Å². The van der Waals surface area contributed by atoms with Crippen molar-refractivity contribution in [1.82, 2.24) is 0 Å². The Balaban J connectivity index is 2.03. The van der Waals surface area contributed by atoms with Gasteiger partial charge in [-0.25, -0.2) is 4.39 Å². The first kappa shape index (κ1) is 14.8. The lowest BCUT2D eigenvalue weighted by Crippen LogP contribution is -2.26. The first-order valence-corrected chi connectivity index (χ1v) is 7.31. The van der Waals surface area contributed by atoms with Crippen LogP contribution < -0.4 is 5.32 Å². The van der Waals surface area contributed by atoms with E-state index < -0.39 is 10.7 Å². The molecule has 5 heteroatoms. The molecular formula is C15H21FN2O2. The fourth-order valence-corrected chi connectivity index (χ4v) is 3.02. The van der Waals surface area contributed by atoms with E-state index in [4.69, 9.17) is 0 Å². The number of benzene rings is 1. The Morgan fingerprint density at radius 1 is 1.35 bits per heavy atom. The highest BCUT2D eigenvalue weighted by Crippen LogP contribution is 2.33. The number of anilines is 1. The van der Waals surface area contributed by atoms with Crippen molar-refractivity contribution in [1.29, 1.82) is 0 Å². The topological polar surface area (TPSA) is 55.2 Å². The summed E-state index contributed by atoms with van der Waals surface area (Å²) in [4.78, 5) is 10.4. The van der Waals surface area contributed by atoms with E-state index in [0.29, 0.717) is 0 Å². The molecule has 0 radical (unpaired) electrons. The highest BCUT2D eigenvalue weighted by Gasteiger charge is 2.24. The summed E-state index contributed by atoms with van der Waals surface area (Å²) in [6, 6.07) is 4.11. The molecule has 0 aliphatic heterocycles. The van der Waals surface area contributed by atoms with Gasteiger partial charge in [0.2, 0.25) is 0 Å². The quantitative estimate of drug-likeness (QED) is 0.638. The maximum atomic E-state index is 13.8. The number of hydrogen-bond donors (Lipinski definition) is 1. The van der Waals surface area contributed by atoms with Gasteiger partial charge in [-0.3, -0.25) is 10.1 Å². The van der Waals surface area contributed by atoms with E-state index in [1.165, 1.54) is 31.0 Å². The van der Waals surface area contributed by atoms with E-state index in [0.717, 1.165) is 31.6 Å². The van der Waals surface area contributed by atoms with Crippen LogP contribution in [0.5, 0.6) is 0 Å². The lowest BCUT2D eigenvalue weighted by atomic mass is 9.83. The van der Waals surface area contributed by atoms with Gasteiger partial charge in [0.15, 0.2) is 5.82 Å². The molecule has 0 unspecified atom stereocenters. The number of nitro groups is 1. The molecule has 0 spiro atoms. The van der Waals surface area contributed by atoms with E-state index in [2.05, 4.69) is 12.2 Å². The average Bonchev–Trinajstić information content (AvgIpc) is 2.43. The Labute approximate surface area is 118 Å². The first-order valence-electron chi connectivity index (χ1n) is 7.31. The zero-order chi connectivity index (χ0) is 14.5. The van der Waals surface area contributed by atoms with E-state index in [-0.39, 0.29) is 17.4 Å². The molecule has 1 saturated carbocycles. The van der Waals surface area contributed by atoms with Crippen molar-refractivity contribution in [2.75, 3.05) is 5.32 Å². The van der Waals surface area contributed by atoms with Crippen molar-refractivity contribution in [2.45, 2.75) is 51.5 Å². The monoisotopic (exact) mass is 280 g/mol. The molecule has 1 aliphatic carbocycles. The van der Waals surface area contributed by atoms with Crippen LogP contribution in [0.25, 0.3) is 0 Å². The zero-order valence-corrected chi connectivity index (χ0v) is 11.8. The summed E-state index contributed by atoms with van der Waals surface area (Å²) in [6.07, 6.45) is 6.59. The van der Waals surface area contributed by atoms with Crippen molar-refractivity contribution >= 4 is 11.4 Å². The van der Waals surface area contributed by atoms with Crippen LogP contribution in [0, 0.1) is 21.8 Å². The number of rotatable bonds is 5. The Hall–Kier alpha value is -1.65. The van der Waals surface area contributed by atoms with Gasteiger partial charge in [0, 0.05) is 12.1 Å². The number of hydrogen-bond acceptors (Lipinski definition) is 3. The Bertz CT molecular complexity index is 471. The predicted octanol–water partition coefficient (Wildman–Crippen LogP) is 4.50. The van der Waals surface area contributed by atoms with Crippen LogP contribution in [0.4, 0.5) is 15.8 Å². The molecule has 0 bridgehead atoms. The predicted molar refractivity (Wildman–Crippen MR) is 77.3 cm³/mol. The number of nitro benzene ring substituents is 1. The van der Waals surface area contributed by atoms with Crippen molar-refractivity contribution < 1.29 is 9.31 Å². The van der Waals surface area contributed by atoms with Gasteiger partial charge in [-0.15, -0.1) is 0 Å². The van der Waals surface area contributed by atoms with Gasteiger partial charge in [0.1, 0.15) is 5.69 Å². The second kappa shape index (κ2) is 6.68. The molecule has 0 saturated heterocycles. The number of halogens is 1. The average molecular weight is 280 g/mol. The minimum Gasteiger partial charge on any atom is -0.374 e. The summed E-state index contributed by atoms with van der Waals surface area (Å²) in [7, 11) is 0. The van der Waals surface area contributed by atoms with Gasteiger partial charge in [-0.05, 0) is 37.7 Å². The highest BCUT2D eigenvalue weighted by atomic mass is 19.1. The Kier molecular flexibility index (Phi) is 4.93. The normalized spacial score (nSPS) is 22.5. The molecule has 1 aromatic rings. The summed E-state index contributed by atoms with van der Waals surface area (Å²) in [5, 5.41) is 14.0. The van der Waals surface area contributed by atoms with Gasteiger partial charge < -0.3 is 5.32 Å². The van der Waals surface area contributed by atoms with Gasteiger partial charge >= 0.3 is 0 Å². The molecule has 2 rings (SSSR count). The smallest absolute Gasteiger partial charge is 0.295 e. The Morgan fingerprint density at radius 2 is 2.05 bits per heavy atom. The third-order valence-corrected chi connectivity index (χ3v) is 4.08. The molecule has 1 fully saturated rings. The highest BCUT2D eigenvalue weighted by molar-refractivity contribution is 5.62. The summed E-state index contributed by atoms with van der Waals surface area (Å²) in [6.45, 7) is 2.19. The lowest BCUT2D eigenvalue weighted by Gasteiger charge is -2.29. The summed E-state index contributed by atoms with van der Waals surface area (Å²) in [5.74, 6) is 0.212. The second-order valence-electron chi connectivity index (χ2n) is 5.54. The molecule has 20 heavy (non-hydrogen) atoms. The van der Waals surface area contributed by atoms with Gasteiger partial charge in [-0.2, -0.15) is 0 Å². The van der Waals surface area contributed by atoms with Crippen molar-refractivity contribution in [3.05, 3.63) is 34.1 Å². The lowest BCUT2D eigenvalue weighted by molar-refractivity contribution is -0.384. The van der Waals surface area contributed by atoms with Gasteiger partial charge in [0.25, 0.3) is 5.69 Å². The fraction of sp³-hybridized carbons (Fsp3) is 0.600. The second-order valence-corrected chi connectivity index (χ2v) is 5.54. The molecule has 1 N–H and O–H groups in total. The van der Waals surface area contributed by atoms with Crippen LogP contribution in [0.2, 0.25) is 0 Å². The Morgan fingerprint density at radius 3 is 2.65 bits per heavy atom. The number of nitrogens with zero attached hydrogens (tertiary/aromatic N) is 1. The van der Waals surface area contributed by atoms with Gasteiger partial charge in [0.05, 0.1) is 4.92 Å². The minimum absolute atomic E-state index is 0.0384. The maximum absolute atomic E-state index is 13.8. The van der Waals surface area contributed by atoms with Crippen LogP contribution in [0.3, 0.4) is 0 Å². The van der Waals surface area contributed by atoms with Crippen LogP contribution >= 0.6 is 0 Å². The number of nitrogens with one attached hydrogen (secondary N) is 1. The maximum Gasteiger partial charge on any atom is 0.295 e. The van der Waals surface area contributed by atoms with Crippen LogP contribution in [-0.2, 0) is 0 Å². The molecule has 0 aromatic heterocycles. The van der Waals surface area contributed by atoms with Crippen molar-refractivity contribution in [3.8, 4) is 0 Å². The van der Waals surface area contributed by atoms with Crippen LogP contribution in [0.15, 0.2) is 18.2 Å². The van der Waals surface area contributed by atoms with E-state index in [9.17, 15) is 14.5 Å². The molecule has 1 aliphatic rings. The SMILES string of the molecule is CCCC1CCC(Nc2c(F)cccc2[N+](=O)[O-])CC1. The molecule has 0 amide bonds. The first-order chi connectivity index (χ1) is 9.61. The third kappa shape index (κ3) is 3.46. The summed E-state index contributed by atoms with van der Waals surface area (Å²) in [5.41, 5.74) is -0.142. The molecule has 0 heterocycles. The molecule has 110 valence electrons. The summed E-state index contributed by atoms with van der Waals surface area (Å²) >= 11 is 0. The van der Waals surface area contributed by atoms with E-state index in [1.807, 2.05) is 0 Å². The van der Waals surface area contributed by atoms with E-state index >= 15 is 0 Å². The standard InChI is InChI=1S/C15H21FN2O2/c1-2-4-11-7-9-12(10-8-11)17-15-13(16)5-3-6-14(15)18(19)20/h3,5-6,11-12,17H,2,4,7-10H2,1H3. The number of para-hydroxylation sites is 1. The minimum atomic E-state index is -0.546. The van der Waals surface area contributed by atoms with Crippen molar-refractivity contribution in [2.24, 2.45) is 5.92 Å². The van der Waals surface area contributed by atoms with E-state index in [1.54, 1.807) is 0 Å². The third-order valence-electron chi connectivity index (χ3n) is 4.08. The fourth-order valence-electron chi connectivity index (χ4n) is 3.02. The molecule has 4 nitrogen and oxygen atoms in total. The zero-order valence-electron chi connectivity index (χ0n) is 11.8. The van der Waals surface area contributed by atoms with Crippen LogP contribution in [-0.4, -0.2) is 11.0 Å². The molecule has 0 atom stereocenters.